The Hall–Kier alpha value is -6.90. The van der Waals surface area contributed by atoms with E-state index in [-0.39, 0.29) is 0 Å². The molecule has 0 aliphatic rings. The molecule has 0 saturated heterocycles. The predicted octanol–water partition coefficient (Wildman–Crippen LogP) is 14.2. The fourth-order valence-electron chi connectivity index (χ4n) is 7.07. The lowest BCUT2D eigenvalue weighted by molar-refractivity contribution is 0.631. The van der Waals surface area contributed by atoms with Crippen molar-refractivity contribution < 1.29 is 4.42 Å². The summed E-state index contributed by atoms with van der Waals surface area (Å²) < 4.78 is 6.46. The molecule has 0 radical (unpaired) electrons. The molecule has 0 aliphatic carbocycles. The van der Waals surface area contributed by atoms with Crippen LogP contribution in [0.1, 0.15) is 0 Å². The van der Waals surface area contributed by atoms with Crippen LogP contribution in [0, 0.1) is 0 Å². The highest BCUT2D eigenvalue weighted by atomic mass is 16.3. The van der Waals surface area contributed by atoms with E-state index >= 15 is 0 Å². The Morgan fingerprint density at radius 1 is 0.308 bits per heavy atom. The van der Waals surface area contributed by atoms with Gasteiger partial charge in [-0.3, -0.25) is 0 Å². The maximum absolute atomic E-state index is 6.46. The van der Waals surface area contributed by atoms with Gasteiger partial charge in [-0.05, 0) is 111 Å². The molecule has 0 amide bonds. The Balaban J connectivity index is 1.18. The van der Waals surface area contributed by atoms with Crippen molar-refractivity contribution in [2.24, 2.45) is 0 Å². The molecule has 9 rings (SSSR count). The standard InChI is InChI=1S/C50H35NO/c1-4-15-36(16-5-1)40-22-14-23-46(34-40)51(48-25-12-11-24-47(48)50-35-41-21-10-13-26-49(41)52-50)45-29-27-39(28-30-45)44-32-42(37-17-6-2-7-18-37)31-43(33-44)38-19-8-3-9-20-38/h1-35H. The van der Waals surface area contributed by atoms with E-state index in [1.807, 2.05) is 12.1 Å². The third-order valence-corrected chi connectivity index (χ3v) is 9.65. The van der Waals surface area contributed by atoms with Gasteiger partial charge in [-0.25, -0.2) is 0 Å². The number of rotatable bonds is 8. The zero-order valence-electron chi connectivity index (χ0n) is 28.6. The third-order valence-electron chi connectivity index (χ3n) is 9.65. The van der Waals surface area contributed by atoms with Gasteiger partial charge in [0.25, 0.3) is 0 Å². The Kier molecular flexibility index (Phi) is 8.24. The van der Waals surface area contributed by atoms with Crippen LogP contribution in [0.4, 0.5) is 17.1 Å². The Labute approximate surface area is 304 Å². The number of fused-ring (bicyclic) bond motifs is 1. The number of hydrogen-bond acceptors (Lipinski definition) is 2. The average molecular weight is 666 g/mol. The number of benzene rings is 8. The molecule has 0 aliphatic heterocycles. The molecule has 0 unspecified atom stereocenters. The first-order chi connectivity index (χ1) is 25.8. The first-order valence-electron chi connectivity index (χ1n) is 17.7. The molecule has 0 fully saturated rings. The van der Waals surface area contributed by atoms with Crippen LogP contribution >= 0.6 is 0 Å². The first kappa shape index (κ1) is 31.1. The zero-order valence-corrected chi connectivity index (χ0v) is 28.6. The topological polar surface area (TPSA) is 16.4 Å². The largest absolute Gasteiger partial charge is 0.456 e. The van der Waals surface area contributed by atoms with Crippen LogP contribution in [-0.4, -0.2) is 0 Å². The summed E-state index contributed by atoms with van der Waals surface area (Å²) in [6.45, 7) is 0. The monoisotopic (exact) mass is 665 g/mol. The zero-order chi connectivity index (χ0) is 34.7. The number of nitrogens with zero attached hydrogens (tertiary/aromatic N) is 1. The number of hydrogen-bond donors (Lipinski definition) is 0. The molecule has 2 heteroatoms. The smallest absolute Gasteiger partial charge is 0.137 e. The van der Waals surface area contributed by atoms with E-state index in [1.54, 1.807) is 0 Å². The number of anilines is 3. The van der Waals surface area contributed by atoms with Crippen molar-refractivity contribution in [3.05, 3.63) is 212 Å². The van der Waals surface area contributed by atoms with Crippen molar-refractivity contribution in [2.75, 3.05) is 4.90 Å². The van der Waals surface area contributed by atoms with Gasteiger partial charge in [0.15, 0.2) is 0 Å². The van der Waals surface area contributed by atoms with Gasteiger partial charge in [0.2, 0.25) is 0 Å². The van der Waals surface area contributed by atoms with E-state index < -0.39 is 0 Å². The molecule has 0 bridgehead atoms. The van der Waals surface area contributed by atoms with Crippen LogP contribution in [0.2, 0.25) is 0 Å². The summed E-state index contributed by atoms with van der Waals surface area (Å²) in [5.41, 5.74) is 14.5. The van der Waals surface area contributed by atoms with Gasteiger partial charge in [0, 0.05) is 22.3 Å². The van der Waals surface area contributed by atoms with Crippen molar-refractivity contribution in [1.82, 2.24) is 0 Å². The minimum atomic E-state index is 0.837. The van der Waals surface area contributed by atoms with Crippen LogP contribution in [0.25, 0.3) is 66.8 Å². The van der Waals surface area contributed by atoms with E-state index in [0.29, 0.717) is 0 Å². The maximum atomic E-state index is 6.46. The SMILES string of the molecule is c1ccc(-c2cc(-c3ccccc3)cc(-c3ccc(N(c4cccc(-c5ccccc5)c4)c4ccccc4-c4cc5ccccc5o4)cc3)c2)cc1. The second-order valence-electron chi connectivity index (χ2n) is 13.0. The highest BCUT2D eigenvalue weighted by molar-refractivity contribution is 5.92. The van der Waals surface area contributed by atoms with Crippen LogP contribution in [0.15, 0.2) is 217 Å². The summed E-state index contributed by atoms with van der Waals surface area (Å²) in [4.78, 5) is 2.34. The lowest BCUT2D eigenvalue weighted by Crippen LogP contribution is -2.11. The van der Waals surface area contributed by atoms with Crippen molar-refractivity contribution in [3.8, 4) is 55.8 Å². The van der Waals surface area contributed by atoms with Gasteiger partial charge in [0.05, 0.1) is 5.69 Å². The molecule has 0 spiro atoms. The molecule has 8 aromatic carbocycles. The van der Waals surface area contributed by atoms with Crippen LogP contribution < -0.4 is 4.90 Å². The molecule has 0 atom stereocenters. The van der Waals surface area contributed by atoms with Crippen molar-refractivity contribution >= 4 is 28.0 Å². The molecule has 0 N–H and O–H groups in total. The Morgan fingerprint density at radius 2 is 0.808 bits per heavy atom. The Bertz CT molecular complexity index is 2510. The van der Waals surface area contributed by atoms with Gasteiger partial charge in [0.1, 0.15) is 11.3 Å². The quantitative estimate of drug-likeness (QED) is 0.161. The van der Waals surface area contributed by atoms with E-state index in [0.717, 1.165) is 50.5 Å². The van der Waals surface area contributed by atoms with Gasteiger partial charge < -0.3 is 9.32 Å². The maximum Gasteiger partial charge on any atom is 0.137 e. The highest BCUT2D eigenvalue weighted by Gasteiger charge is 2.20. The minimum Gasteiger partial charge on any atom is -0.456 e. The highest BCUT2D eigenvalue weighted by Crippen LogP contribution is 2.43. The fourth-order valence-corrected chi connectivity index (χ4v) is 7.07. The summed E-state index contributed by atoms with van der Waals surface area (Å²) in [6, 6.07) is 75.3. The third kappa shape index (κ3) is 6.19. The number of para-hydroxylation sites is 2. The summed E-state index contributed by atoms with van der Waals surface area (Å²) in [5.74, 6) is 0.837. The molecule has 0 saturated carbocycles. The Morgan fingerprint density at radius 3 is 1.42 bits per heavy atom. The molecule has 246 valence electrons. The van der Waals surface area contributed by atoms with Gasteiger partial charge in [-0.2, -0.15) is 0 Å². The normalized spacial score (nSPS) is 11.1. The van der Waals surface area contributed by atoms with Gasteiger partial charge >= 0.3 is 0 Å². The second kappa shape index (κ2) is 13.8. The molecule has 52 heavy (non-hydrogen) atoms. The van der Waals surface area contributed by atoms with E-state index in [1.165, 1.54) is 33.4 Å². The molecule has 1 aromatic heterocycles. The average Bonchev–Trinajstić information content (AvgIpc) is 3.67. The number of furan rings is 1. The van der Waals surface area contributed by atoms with Crippen LogP contribution in [-0.2, 0) is 0 Å². The lowest BCUT2D eigenvalue weighted by Gasteiger charge is -2.28. The van der Waals surface area contributed by atoms with Crippen molar-refractivity contribution in [2.45, 2.75) is 0 Å². The van der Waals surface area contributed by atoms with Gasteiger partial charge in [-0.15, -0.1) is 0 Å². The van der Waals surface area contributed by atoms with E-state index in [2.05, 4.69) is 205 Å². The summed E-state index contributed by atoms with van der Waals surface area (Å²) >= 11 is 0. The van der Waals surface area contributed by atoms with E-state index in [4.69, 9.17) is 4.42 Å². The van der Waals surface area contributed by atoms with Crippen molar-refractivity contribution in [3.63, 3.8) is 0 Å². The lowest BCUT2D eigenvalue weighted by atomic mass is 9.93. The molecular weight excluding hydrogens is 631 g/mol. The molecule has 9 aromatic rings. The predicted molar refractivity (Wildman–Crippen MR) is 218 cm³/mol. The molecule has 2 nitrogen and oxygen atoms in total. The fraction of sp³-hybridized carbons (Fsp3) is 0. The second-order valence-corrected chi connectivity index (χ2v) is 13.0. The van der Waals surface area contributed by atoms with E-state index in [9.17, 15) is 0 Å². The minimum absolute atomic E-state index is 0.837. The van der Waals surface area contributed by atoms with Crippen molar-refractivity contribution in [1.29, 1.82) is 0 Å². The van der Waals surface area contributed by atoms with Gasteiger partial charge in [-0.1, -0.05) is 146 Å². The first-order valence-corrected chi connectivity index (χ1v) is 17.7. The summed E-state index contributed by atoms with van der Waals surface area (Å²) in [6.07, 6.45) is 0. The van der Waals surface area contributed by atoms with Crippen LogP contribution in [0.3, 0.4) is 0 Å². The summed E-state index contributed by atoms with van der Waals surface area (Å²) in [5, 5.41) is 1.09. The molecule has 1 heterocycles. The summed E-state index contributed by atoms with van der Waals surface area (Å²) in [7, 11) is 0. The molecular formula is C50H35NO. The van der Waals surface area contributed by atoms with Crippen LogP contribution in [0.5, 0.6) is 0 Å².